The van der Waals surface area contributed by atoms with E-state index in [2.05, 4.69) is 22.4 Å². The van der Waals surface area contributed by atoms with Crippen molar-refractivity contribution in [3.8, 4) is 0 Å². The van der Waals surface area contributed by atoms with E-state index in [1.807, 2.05) is 61.2 Å². The van der Waals surface area contributed by atoms with E-state index < -0.39 is 5.91 Å². The highest BCUT2D eigenvalue weighted by Crippen LogP contribution is 2.33. The first kappa shape index (κ1) is 24.9. The van der Waals surface area contributed by atoms with Gasteiger partial charge in [-0.3, -0.25) is 14.5 Å². The molecule has 0 saturated carbocycles. The number of nitrogens with zero attached hydrogens (tertiary/aromatic N) is 2. The Morgan fingerprint density at radius 3 is 2.14 bits per heavy atom. The van der Waals surface area contributed by atoms with E-state index in [-0.39, 0.29) is 5.91 Å². The van der Waals surface area contributed by atoms with Crippen LogP contribution >= 0.6 is 11.3 Å². The summed E-state index contributed by atoms with van der Waals surface area (Å²) in [4.78, 5) is 30.4. The first-order valence-corrected chi connectivity index (χ1v) is 13.1. The van der Waals surface area contributed by atoms with Gasteiger partial charge >= 0.3 is 0 Å². The van der Waals surface area contributed by atoms with Crippen LogP contribution in [0.5, 0.6) is 0 Å². The molecule has 0 unspecified atom stereocenters. The van der Waals surface area contributed by atoms with E-state index >= 15 is 0 Å². The lowest BCUT2D eigenvalue weighted by Gasteiger charge is -2.30. The molecular weight excluding hydrogens is 454 g/mol. The first-order chi connectivity index (χ1) is 17.0. The maximum Gasteiger partial charge on any atom is 0.253 e. The second-order valence-electron chi connectivity index (χ2n) is 8.83. The Labute approximate surface area is 211 Å². The number of hydrogen-bond acceptors (Lipinski definition) is 4. The zero-order valence-electron chi connectivity index (χ0n) is 20.5. The van der Waals surface area contributed by atoms with Gasteiger partial charge in [-0.05, 0) is 79.1 Å². The second kappa shape index (κ2) is 11.5. The Kier molecular flexibility index (Phi) is 8.16. The molecule has 2 N–H and O–H groups in total. The van der Waals surface area contributed by atoms with Crippen LogP contribution < -0.4 is 5.73 Å². The molecule has 0 spiro atoms. The topological polar surface area (TPSA) is 66.6 Å². The molecule has 1 fully saturated rings. The highest BCUT2D eigenvalue weighted by atomic mass is 32.1. The predicted octanol–water partition coefficient (Wildman–Crippen LogP) is 5.43. The van der Waals surface area contributed by atoms with Gasteiger partial charge in [-0.15, -0.1) is 11.3 Å². The number of hydrogen-bond donors (Lipinski definition) is 1. The quantitative estimate of drug-likeness (QED) is 0.461. The van der Waals surface area contributed by atoms with Crippen LogP contribution in [0.2, 0.25) is 0 Å². The van der Waals surface area contributed by atoms with Gasteiger partial charge in [0.15, 0.2) is 0 Å². The summed E-state index contributed by atoms with van der Waals surface area (Å²) < 4.78 is 0. The van der Waals surface area contributed by atoms with Gasteiger partial charge in [0.2, 0.25) is 5.91 Å². The van der Waals surface area contributed by atoms with Crippen LogP contribution in [0, 0.1) is 0 Å². The summed E-state index contributed by atoms with van der Waals surface area (Å²) in [7, 11) is 0. The molecule has 35 heavy (non-hydrogen) atoms. The van der Waals surface area contributed by atoms with Gasteiger partial charge in [0.05, 0.1) is 0 Å². The third-order valence-corrected chi connectivity index (χ3v) is 7.54. The van der Waals surface area contributed by atoms with Gasteiger partial charge in [0.1, 0.15) is 0 Å². The fourth-order valence-electron chi connectivity index (χ4n) is 4.73. The first-order valence-electron chi connectivity index (χ1n) is 12.3. The van der Waals surface area contributed by atoms with Crippen molar-refractivity contribution in [2.24, 2.45) is 5.73 Å². The molecule has 2 aromatic carbocycles. The van der Waals surface area contributed by atoms with Gasteiger partial charge in [-0.2, -0.15) is 0 Å². The van der Waals surface area contributed by atoms with Crippen molar-refractivity contribution in [2.75, 3.05) is 26.2 Å². The van der Waals surface area contributed by atoms with Crippen LogP contribution in [0.1, 0.15) is 63.4 Å². The van der Waals surface area contributed by atoms with E-state index in [0.717, 1.165) is 49.2 Å². The number of carbonyl (C=O) groups is 2. The Morgan fingerprint density at radius 2 is 1.54 bits per heavy atom. The standard InChI is InChI=1S/C29H33N3O2S/c1-3-32(4-2)29(34)23-12-10-21(11-13-23)27(24-7-5-8-25(19-24)28(30)33)22-14-16-31(17-15-22)20-26-9-6-18-35-26/h5-13,18-19H,3-4,14-17,20H2,1-2H3,(H2,30,33). The minimum atomic E-state index is -0.429. The molecule has 1 aromatic heterocycles. The average Bonchev–Trinajstić information content (AvgIpc) is 3.39. The Bertz CT molecular complexity index is 1180. The summed E-state index contributed by atoms with van der Waals surface area (Å²) in [6.07, 6.45) is 1.92. The Morgan fingerprint density at radius 1 is 0.886 bits per heavy atom. The van der Waals surface area contributed by atoms with Crippen molar-refractivity contribution in [3.63, 3.8) is 0 Å². The molecule has 182 valence electrons. The molecule has 1 saturated heterocycles. The predicted molar refractivity (Wildman–Crippen MR) is 144 cm³/mol. The fourth-order valence-corrected chi connectivity index (χ4v) is 5.48. The molecule has 2 amide bonds. The third-order valence-electron chi connectivity index (χ3n) is 6.68. The number of carbonyl (C=O) groups excluding carboxylic acids is 2. The number of likely N-dealkylation sites (tertiary alicyclic amines) is 1. The molecule has 1 aliphatic heterocycles. The SMILES string of the molecule is CCN(CC)C(=O)c1ccc(C(=C2CCN(Cc3cccs3)CC2)c2cccc(C(N)=O)c2)cc1. The summed E-state index contributed by atoms with van der Waals surface area (Å²) in [6, 6.07) is 19.8. The number of thiophene rings is 1. The molecule has 6 heteroatoms. The maximum absolute atomic E-state index is 12.8. The average molecular weight is 488 g/mol. The molecule has 0 atom stereocenters. The molecule has 4 rings (SSSR count). The summed E-state index contributed by atoms with van der Waals surface area (Å²) in [5, 5.41) is 2.13. The monoisotopic (exact) mass is 487 g/mol. The molecule has 2 heterocycles. The van der Waals surface area contributed by atoms with Crippen molar-refractivity contribution < 1.29 is 9.59 Å². The van der Waals surface area contributed by atoms with Crippen LogP contribution in [0.3, 0.4) is 0 Å². The number of rotatable bonds is 8. The van der Waals surface area contributed by atoms with Gasteiger partial charge in [0.25, 0.3) is 5.91 Å². The molecule has 1 aliphatic rings. The summed E-state index contributed by atoms with van der Waals surface area (Å²) in [6.45, 7) is 8.33. The largest absolute Gasteiger partial charge is 0.366 e. The van der Waals surface area contributed by atoms with E-state index in [9.17, 15) is 9.59 Å². The van der Waals surface area contributed by atoms with Crippen LogP contribution in [0.4, 0.5) is 0 Å². The van der Waals surface area contributed by atoms with Gasteiger partial charge in [-0.1, -0.05) is 35.9 Å². The lowest BCUT2D eigenvalue weighted by Crippen LogP contribution is -2.30. The van der Waals surface area contributed by atoms with Crippen molar-refractivity contribution >= 4 is 28.7 Å². The smallest absolute Gasteiger partial charge is 0.253 e. The molecule has 3 aromatic rings. The molecule has 0 radical (unpaired) electrons. The van der Waals surface area contributed by atoms with E-state index in [0.29, 0.717) is 24.2 Å². The van der Waals surface area contributed by atoms with Crippen LogP contribution in [0.25, 0.3) is 5.57 Å². The number of amides is 2. The second-order valence-corrected chi connectivity index (χ2v) is 9.87. The lowest BCUT2D eigenvalue weighted by molar-refractivity contribution is 0.0772. The van der Waals surface area contributed by atoms with Crippen LogP contribution in [-0.2, 0) is 6.54 Å². The summed E-state index contributed by atoms with van der Waals surface area (Å²) in [5.74, 6) is -0.379. The van der Waals surface area contributed by atoms with Gasteiger partial charge < -0.3 is 10.6 Å². The number of benzene rings is 2. The number of nitrogens with two attached hydrogens (primary N) is 1. The zero-order valence-corrected chi connectivity index (χ0v) is 21.3. The minimum absolute atomic E-state index is 0.0494. The van der Waals surface area contributed by atoms with Crippen molar-refractivity contribution in [3.05, 3.63) is 98.7 Å². The van der Waals surface area contributed by atoms with Crippen molar-refractivity contribution in [1.82, 2.24) is 9.80 Å². The van der Waals surface area contributed by atoms with E-state index in [1.165, 1.54) is 10.5 Å². The number of piperidine rings is 1. The zero-order chi connectivity index (χ0) is 24.8. The van der Waals surface area contributed by atoms with Crippen LogP contribution in [-0.4, -0.2) is 47.8 Å². The fraction of sp³-hybridized carbons (Fsp3) is 0.310. The Balaban J connectivity index is 1.66. The molecular formula is C29H33N3O2S. The third kappa shape index (κ3) is 5.89. The summed E-state index contributed by atoms with van der Waals surface area (Å²) >= 11 is 1.80. The normalized spacial score (nSPS) is 14.1. The minimum Gasteiger partial charge on any atom is -0.366 e. The van der Waals surface area contributed by atoms with Crippen LogP contribution in [0.15, 0.2) is 71.6 Å². The molecule has 5 nitrogen and oxygen atoms in total. The van der Waals surface area contributed by atoms with E-state index in [4.69, 9.17) is 5.73 Å². The summed E-state index contributed by atoms with van der Waals surface area (Å²) in [5.41, 5.74) is 11.4. The number of primary amides is 1. The molecule has 0 aliphatic carbocycles. The maximum atomic E-state index is 12.8. The van der Waals surface area contributed by atoms with Gasteiger partial charge in [0, 0.05) is 48.7 Å². The van der Waals surface area contributed by atoms with Crippen molar-refractivity contribution in [1.29, 1.82) is 0 Å². The van der Waals surface area contributed by atoms with Gasteiger partial charge in [-0.25, -0.2) is 0 Å². The lowest BCUT2D eigenvalue weighted by atomic mass is 9.87. The Hall–Kier alpha value is -3.22. The highest BCUT2D eigenvalue weighted by molar-refractivity contribution is 7.09. The van der Waals surface area contributed by atoms with Crippen molar-refractivity contribution in [2.45, 2.75) is 33.2 Å². The highest BCUT2D eigenvalue weighted by Gasteiger charge is 2.21. The van der Waals surface area contributed by atoms with E-state index in [1.54, 1.807) is 17.4 Å². The molecule has 0 bridgehead atoms.